The zero-order valence-electron chi connectivity index (χ0n) is 12.4. The summed E-state index contributed by atoms with van der Waals surface area (Å²) in [5, 5.41) is 0. The molecule has 0 aromatic carbocycles. The van der Waals surface area contributed by atoms with Crippen molar-refractivity contribution in [1.82, 2.24) is 0 Å². The molecule has 22 heavy (non-hydrogen) atoms. The Hall–Kier alpha value is -0.575. The largest absolute Gasteiger partial charge is 0.558 e. The number of ether oxygens (including phenoxy) is 1. The number of likely N-dealkylation sites (tertiary alicyclic amines) is 1. The molecule has 0 saturated carbocycles. The summed E-state index contributed by atoms with van der Waals surface area (Å²) in [6.07, 6.45) is -2.65. The van der Waals surface area contributed by atoms with Gasteiger partial charge in [-0.15, -0.1) is 0 Å². The molecule has 134 valence electrons. The molecule has 1 fully saturated rings. The van der Waals surface area contributed by atoms with Crippen molar-refractivity contribution in [1.29, 1.82) is 0 Å². The fraction of sp³-hybridized carbons (Fsp3) is 1.00. The summed E-state index contributed by atoms with van der Waals surface area (Å²) in [5.74, 6) is -6.56. The molecule has 0 unspecified atom stereocenters. The van der Waals surface area contributed by atoms with Gasteiger partial charge in [0.2, 0.25) is 0 Å². The first-order valence-corrected chi connectivity index (χ1v) is 6.82. The van der Waals surface area contributed by atoms with Crippen LogP contribution in [0.1, 0.15) is 26.2 Å². The highest BCUT2D eigenvalue weighted by Crippen LogP contribution is 2.43. The maximum atomic E-state index is 11.2. The van der Waals surface area contributed by atoms with Crippen molar-refractivity contribution in [2.24, 2.45) is 0 Å². The normalized spacial score (nSPS) is 18.8. The maximum Gasteiger partial charge on any atom is 0.558 e. The number of quaternary nitrogens is 1. The van der Waals surface area contributed by atoms with Crippen LogP contribution in [0, 0.1) is 0 Å². The standard InChI is InChI=1S/C9H20NO.C2BF8/c1-3-8-11-9-10(2)6-4-5-7-10;4-1(5,2(6,7)8)3(9,10)11/h3-9H2,1-2H3;/q+1;-1. The minimum absolute atomic E-state index is 0.924. The molecule has 11 heteroatoms. The van der Waals surface area contributed by atoms with E-state index in [2.05, 4.69) is 14.0 Å². The van der Waals surface area contributed by atoms with E-state index >= 15 is 0 Å². The predicted molar refractivity (Wildman–Crippen MR) is 66.3 cm³/mol. The van der Waals surface area contributed by atoms with Gasteiger partial charge >= 0.3 is 19.0 Å². The summed E-state index contributed by atoms with van der Waals surface area (Å²) >= 11 is 0. The molecule has 1 saturated heterocycles. The smallest absolute Gasteiger partial charge is 0.445 e. The molecule has 0 atom stereocenters. The first kappa shape index (κ1) is 21.4. The highest BCUT2D eigenvalue weighted by atomic mass is 19.4. The third-order valence-corrected chi connectivity index (χ3v) is 3.19. The average molecular weight is 345 g/mol. The van der Waals surface area contributed by atoms with Crippen molar-refractivity contribution in [2.75, 3.05) is 33.5 Å². The lowest BCUT2D eigenvalue weighted by atomic mass is 9.80. The van der Waals surface area contributed by atoms with Gasteiger partial charge in [-0.25, -0.2) is 8.78 Å². The second-order valence-corrected chi connectivity index (χ2v) is 5.51. The predicted octanol–water partition coefficient (Wildman–Crippen LogP) is 4.18. The number of nitrogens with zero attached hydrogens (tertiary/aromatic N) is 1. The van der Waals surface area contributed by atoms with Crippen LogP contribution in [0.5, 0.6) is 0 Å². The number of rotatable bonds is 5. The number of halogens is 8. The van der Waals surface area contributed by atoms with Crippen LogP contribution < -0.4 is 0 Å². The Balaban J connectivity index is 0.000000401. The first-order valence-electron chi connectivity index (χ1n) is 6.82. The highest BCUT2D eigenvalue weighted by molar-refractivity contribution is 6.61. The fourth-order valence-electron chi connectivity index (χ4n) is 1.84. The molecule has 2 nitrogen and oxygen atoms in total. The zero-order valence-corrected chi connectivity index (χ0v) is 12.4. The van der Waals surface area contributed by atoms with Gasteiger partial charge in [0.25, 0.3) is 0 Å². The molecule has 1 rings (SSSR count). The summed E-state index contributed by atoms with van der Waals surface area (Å²) in [6.45, 7) is -0.584. The van der Waals surface area contributed by atoms with E-state index in [1.165, 1.54) is 25.9 Å². The Morgan fingerprint density at radius 1 is 1.00 bits per heavy atom. The minimum atomic E-state index is -7.21. The van der Waals surface area contributed by atoms with Crippen molar-refractivity contribution in [3.63, 3.8) is 0 Å². The lowest BCUT2D eigenvalue weighted by Gasteiger charge is -2.28. The zero-order chi connectivity index (χ0) is 17.7. The topological polar surface area (TPSA) is 9.23 Å². The molecule has 0 aromatic rings. The average Bonchev–Trinajstić information content (AvgIpc) is 2.75. The lowest BCUT2D eigenvalue weighted by Crippen LogP contribution is -2.53. The summed E-state index contributed by atoms with van der Waals surface area (Å²) in [5.41, 5.74) is 0. The monoisotopic (exact) mass is 345 g/mol. The molecule has 0 aliphatic carbocycles. The second kappa shape index (κ2) is 7.80. The van der Waals surface area contributed by atoms with Crippen LogP contribution in [0.15, 0.2) is 0 Å². The van der Waals surface area contributed by atoms with E-state index in [-0.39, 0.29) is 0 Å². The third-order valence-electron chi connectivity index (χ3n) is 3.19. The highest BCUT2D eigenvalue weighted by Gasteiger charge is 2.69. The van der Waals surface area contributed by atoms with E-state index in [1.807, 2.05) is 0 Å². The van der Waals surface area contributed by atoms with Gasteiger partial charge in [0.15, 0.2) is 6.73 Å². The van der Waals surface area contributed by atoms with Gasteiger partial charge in [-0.1, -0.05) is 6.92 Å². The quantitative estimate of drug-likeness (QED) is 0.314. The second-order valence-electron chi connectivity index (χ2n) is 5.51. The van der Waals surface area contributed by atoms with Crippen molar-refractivity contribution in [2.45, 2.75) is 38.2 Å². The SMILES string of the molecule is CCCOC[N+]1(C)CCCC1.F[B-](F)(F)C(F)(F)C(F)(F)F. The van der Waals surface area contributed by atoms with Gasteiger partial charge in [-0.2, -0.15) is 13.2 Å². The van der Waals surface area contributed by atoms with E-state index in [4.69, 9.17) is 4.74 Å². The van der Waals surface area contributed by atoms with Crippen molar-refractivity contribution in [3.8, 4) is 0 Å². The Bertz CT molecular complexity index is 309. The van der Waals surface area contributed by atoms with E-state index in [1.54, 1.807) is 0 Å². The van der Waals surface area contributed by atoms with Crippen LogP contribution in [-0.2, 0) is 4.74 Å². The van der Waals surface area contributed by atoms with Crippen LogP contribution in [0.3, 0.4) is 0 Å². The van der Waals surface area contributed by atoms with Crippen LogP contribution in [0.4, 0.5) is 34.9 Å². The summed E-state index contributed by atoms with van der Waals surface area (Å²) in [6, 6.07) is 0. The molecule has 0 N–H and O–H groups in total. The van der Waals surface area contributed by atoms with Crippen LogP contribution >= 0.6 is 0 Å². The molecule has 0 aromatic heterocycles. The maximum absolute atomic E-state index is 11.2. The Kier molecular flexibility index (Phi) is 7.60. The van der Waals surface area contributed by atoms with Gasteiger partial charge in [0.05, 0.1) is 26.7 Å². The molecule has 0 bridgehead atoms. The molecular weight excluding hydrogens is 325 g/mol. The van der Waals surface area contributed by atoms with Gasteiger partial charge in [0, 0.05) is 12.8 Å². The van der Waals surface area contributed by atoms with Gasteiger partial charge < -0.3 is 22.2 Å². The first-order chi connectivity index (χ1) is 9.77. The van der Waals surface area contributed by atoms with Gasteiger partial charge in [-0.05, 0) is 6.42 Å². The molecular formula is C11H20BF8NO. The Morgan fingerprint density at radius 3 is 1.73 bits per heavy atom. The summed E-state index contributed by atoms with van der Waals surface area (Å²) < 4.78 is 94.5. The number of hydrogen-bond donors (Lipinski definition) is 0. The Morgan fingerprint density at radius 2 is 1.45 bits per heavy atom. The molecule has 0 spiro atoms. The minimum Gasteiger partial charge on any atom is -0.445 e. The van der Waals surface area contributed by atoms with Gasteiger partial charge in [-0.3, -0.25) is 0 Å². The summed E-state index contributed by atoms with van der Waals surface area (Å²) in [7, 11) is 2.29. The molecule has 1 aliphatic rings. The molecule has 0 radical (unpaired) electrons. The van der Waals surface area contributed by atoms with Crippen LogP contribution in [0.2, 0.25) is 0 Å². The van der Waals surface area contributed by atoms with Crippen molar-refractivity contribution >= 4 is 6.98 Å². The molecule has 1 aliphatic heterocycles. The number of hydrogen-bond acceptors (Lipinski definition) is 1. The third kappa shape index (κ3) is 6.27. The van der Waals surface area contributed by atoms with E-state index < -0.39 is 19.0 Å². The fourth-order valence-corrected chi connectivity index (χ4v) is 1.84. The van der Waals surface area contributed by atoms with E-state index in [0.717, 1.165) is 24.2 Å². The van der Waals surface area contributed by atoms with Crippen LogP contribution in [0.25, 0.3) is 0 Å². The van der Waals surface area contributed by atoms with Crippen molar-refractivity contribution < 1.29 is 44.1 Å². The van der Waals surface area contributed by atoms with Crippen molar-refractivity contribution in [3.05, 3.63) is 0 Å². The Labute approximate surface area is 124 Å². The van der Waals surface area contributed by atoms with Crippen LogP contribution in [-0.4, -0.2) is 56.9 Å². The van der Waals surface area contributed by atoms with Gasteiger partial charge in [0.1, 0.15) is 0 Å². The van der Waals surface area contributed by atoms with E-state index in [0.29, 0.717) is 0 Å². The summed E-state index contributed by atoms with van der Waals surface area (Å²) in [4.78, 5) is 0. The molecule has 1 heterocycles. The lowest BCUT2D eigenvalue weighted by molar-refractivity contribution is -0.916. The molecule has 0 amide bonds. The number of alkyl halides is 5. The van der Waals surface area contributed by atoms with E-state index in [9.17, 15) is 34.9 Å².